The first-order valence-corrected chi connectivity index (χ1v) is 2.36. The van der Waals surface area contributed by atoms with Gasteiger partial charge in [0.05, 0.1) is 6.21 Å². The van der Waals surface area contributed by atoms with E-state index in [0.717, 1.165) is 0 Å². The molecule has 0 aromatic heterocycles. The van der Waals surface area contributed by atoms with Crippen LogP contribution in [0.15, 0.2) is 0 Å². The average Bonchev–Trinajstić information content (AvgIpc) is 1.35. The van der Waals surface area contributed by atoms with E-state index in [9.17, 15) is 0 Å². The first-order valence-electron chi connectivity index (χ1n) is 1.85. The Labute approximate surface area is 43.7 Å². The van der Waals surface area contributed by atoms with Crippen molar-refractivity contribution in [3.8, 4) is 0 Å². The Morgan fingerprint density at radius 3 is 2.50 bits per heavy atom. The Morgan fingerprint density at radius 1 is 2.00 bits per heavy atom. The summed E-state index contributed by atoms with van der Waals surface area (Å²) in [6.07, 6.45) is 2.90. The van der Waals surface area contributed by atoms with Crippen molar-refractivity contribution in [1.29, 1.82) is 5.41 Å². The molecule has 1 radical (unpaired) electrons. The summed E-state index contributed by atoms with van der Waals surface area (Å²) in [4.78, 5) is 0. The SMILES string of the molecule is CC(S)C[C]=N. The molecule has 1 unspecified atom stereocenters. The Balaban J connectivity index is 2.81. The summed E-state index contributed by atoms with van der Waals surface area (Å²) in [5.74, 6) is 0. The van der Waals surface area contributed by atoms with Crippen molar-refractivity contribution in [3.05, 3.63) is 0 Å². The highest BCUT2D eigenvalue weighted by atomic mass is 32.1. The van der Waals surface area contributed by atoms with Gasteiger partial charge in [0.25, 0.3) is 0 Å². The maximum absolute atomic E-state index is 6.43. The van der Waals surface area contributed by atoms with E-state index < -0.39 is 0 Å². The quantitative estimate of drug-likeness (QED) is 0.387. The Morgan fingerprint density at radius 2 is 2.50 bits per heavy atom. The van der Waals surface area contributed by atoms with Crippen LogP contribution in [0.25, 0.3) is 0 Å². The molecule has 0 amide bonds. The molecule has 0 saturated carbocycles. The molecule has 1 N–H and O–H groups in total. The van der Waals surface area contributed by atoms with E-state index in [-0.39, 0.29) is 0 Å². The second-order valence-corrected chi connectivity index (χ2v) is 2.11. The molecular weight excluding hydrogens is 94.1 g/mol. The largest absolute Gasteiger partial charge is 0.303 e. The maximum Gasteiger partial charge on any atom is 0.0532 e. The summed E-state index contributed by atoms with van der Waals surface area (Å²) in [7, 11) is 0. The van der Waals surface area contributed by atoms with Crippen molar-refractivity contribution >= 4 is 18.8 Å². The highest BCUT2D eigenvalue weighted by Gasteiger charge is 1.85. The molecule has 0 bridgehead atoms. The zero-order chi connectivity index (χ0) is 4.99. The molecule has 35 valence electrons. The molecule has 1 atom stereocenters. The first kappa shape index (κ1) is 6.02. The molecule has 0 spiro atoms. The van der Waals surface area contributed by atoms with Gasteiger partial charge in [-0.2, -0.15) is 12.6 Å². The summed E-state index contributed by atoms with van der Waals surface area (Å²) in [5.41, 5.74) is 0. The van der Waals surface area contributed by atoms with Gasteiger partial charge in [-0.3, -0.25) is 0 Å². The van der Waals surface area contributed by atoms with Crippen LogP contribution in [0.3, 0.4) is 0 Å². The van der Waals surface area contributed by atoms with Crippen molar-refractivity contribution in [2.24, 2.45) is 0 Å². The molecule has 0 aliphatic carbocycles. The lowest BCUT2D eigenvalue weighted by molar-refractivity contribution is 1.04. The number of nitrogens with one attached hydrogen (secondary N) is 1. The van der Waals surface area contributed by atoms with Crippen LogP contribution in [0, 0.1) is 5.41 Å². The zero-order valence-corrected chi connectivity index (χ0v) is 4.63. The van der Waals surface area contributed by atoms with Gasteiger partial charge in [-0.05, 0) is 0 Å². The van der Waals surface area contributed by atoms with Gasteiger partial charge in [-0.15, -0.1) is 0 Å². The van der Waals surface area contributed by atoms with Gasteiger partial charge in [0.2, 0.25) is 0 Å². The number of hydrogen-bond donors (Lipinski definition) is 2. The first-order chi connectivity index (χ1) is 2.77. The molecule has 6 heavy (non-hydrogen) atoms. The molecule has 0 aliphatic heterocycles. The Bertz CT molecular complexity index is 42.8. The lowest BCUT2D eigenvalue weighted by Gasteiger charge is -1.90. The van der Waals surface area contributed by atoms with Crippen LogP contribution in [0.2, 0.25) is 0 Å². The topological polar surface area (TPSA) is 23.9 Å². The summed E-state index contributed by atoms with van der Waals surface area (Å²) in [6, 6.07) is 0. The smallest absolute Gasteiger partial charge is 0.0532 e. The zero-order valence-electron chi connectivity index (χ0n) is 3.73. The van der Waals surface area contributed by atoms with Crippen molar-refractivity contribution in [2.45, 2.75) is 18.6 Å². The highest BCUT2D eigenvalue weighted by Crippen LogP contribution is 1.93. The Kier molecular flexibility index (Phi) is 3.23. The van der Waals surface area contributed by atoms with Crippen LogP contribution in [0.4, 0.5) is 0 Å². The van der Waals surface area contributed by atoms with E-state index in [0.29, 0.717) is 11.7 Å². The monoisotopic (exact) mass is 102 g/mol. The maximum atomic E-state index is 6.43. The van der Waals surface area contributed by atoms with Crippen molar-refractivity contribution in [3.63, 3.8) is 0 Å². The standard InChI is InChI=1S/C4H8NS/c1-4(6)2-3-5/h4-6H,2H2,1H3. The van der Waals surface area contributed by atoms with Crippen LogP contribution in [0.1, 0.15) is 13.3 Å². The van der Waals surface area contributed by atoms with Gasteiger partial charge >= 0.3 is 0 Å². The van der Waals surface area contributed by atoms with Crippen LogP contribution in [0.5, 0.6) is 0 Å². The molecule has 0 saturated heterocycles. The highest BCUT2D eigenvalue weighted by molar-refractivity contribution is 7.80. The van der Waals surface area contributed by atoms with Gasteiger partial charge in [0.1, 0.15) is 0 Å². The number of thiol groups is 1. The van der Waals surface area contributed by atoms with Crippen LogP contribution in [-0.2, 0) is 0 Å². The lowest BCUT2D eigenvalue weighted by Crippen LogP contribution is -1.88. The lowest BCUT2D eigenvalue weighted by atomic mass is 10.4. The third-order valence-electron chi connectivity index (χ3n) is 0.397. The van der Waals surface area contributed by atoms with E-state index in [1.165, 1.54) is 0 Å². The van der Waals surface area contributed by atoms with Gasteiger partial charge in [0.15, 0.2) is 0 Å². The van der Waals surface area contributed by atoms with E-state index >= 15 is 0 Å². The average molecular weight is 102 g/mol. The molecule has 0 aliphatic rings. The summed E-state index contributed by atoms with van der Waals surface area (Å²) in [5, 5.41) is 6.73. The fourth-order valence-electron chi connectivity index (χ4n) is 0.148. The normalized spacial score (nSPS) is 13.7. The molecule has 0 heterocycles. The van der Waals surface area contributed by atoms with Crippen LogP contribution >= 0.6 is 12.6 Å². The molecule has 0 aromatic carbocycles. The van der Waals surface area contributed by atoms with Gasteiger partial charge in [-0.1, -0.05) is 6.92 Å². The van der Waals surface area contributed by atoms with Crippen LogP contribution in [-0.4, -0.2) is 11.5 Å². The van der Waals surface area contributed by atoms with Crippen LogP contribution < -0.4 is 0 Å². The van der Waals surface area contributed by atoms with Crippen molar-refractivity contribution < 1.29 is 0 Å². The summed E-state index contributed by atoms with van der Waals surface area (Å²) in [6.45, 7) is 1.94. The predicted octanol–water partition coefficient (Wildman–Crippen LogP) is 1.22. The molecule has 0 rings (SSSR count). The van der Waals surface area contributed by atoms with Gasteiger partial charge < -0.3 is 5.41 Å². The van der Waals surface area contributed by atoms with E-state index in [2.05, 4.69) is 18.8 Å². The van der Waals surface area contributed by atoms with Crippen molar-refractivity contribution in [2.75, 3.05) is 0 Å². The van der Waals surface area contributed by atoms with Gasteiger partial charge in [0, 0.05) is 11.7 Å². The summed E-state index contributed by atoms with van der Waals surface area (Å²) < 4.78 is 0. The minimum atomic E-state index is 0.294. The van der Waals surface area contributed by atoms with Crippen molar-refractivity contribution in [1.82, 2.24) is 0 Å². The molecule has 0 aromatic rings. The minimum absolute atomic E-state index is 0.294. The van der Waals surface area contributed by atoms with E-state index in [4.69, 9.17) is 5.41 Å². The fraction of sp³-hybridized carbons (Fsp3) is 0.750. The molecule has 1 nitrogen and oxygen atoms in total. The number of rotatable bonds is 2. The van der Waals surface area contributed by atoms with Gasteiger partial charge in [-0.25, -0.2) is 0 Å². The third kappa shape index (κ3) is 4.02. The minimum Gasteiger partial charge on any atom is -0.303 e. The predicted molar refractivity (Wildman–Crippen MR) is 30.8 cm³/mol. The molecule has 2 heteroatoms. The summed E-state index contributed by atoms with van der Waals surface area (Å²) >= 11 is 4.00. The number of hydrogen-bond acceptors (Lipinski definition) is 2. The van der Waals surface area contributed by atoms with E-state index in [1.54, 1.807) is 0 Å². The molecular formula is C4H8NS. The fourth-order valence-corrected chi connectivity index (χ4v) is 0.239. The van der Waals surface area contributed by atoms with E-state index in [1.807, 2.05) is 6.92 Å². The molecule has 0 fully saturated rings. The Hall–Kier alpha value is 0.0200. The third-order valence-corrected chi connectivity index (χ3v) is 0.580. The second-order valence-electron chi connectivity index (χ2n) is 1.23. The second kappa shape index (κ2) is 3.22.